The van der Waals surface area contributed by atoms with Crippen LogP contribution >= 0.6 is 0 Å². The van der Waals surface area contributed by atoms with Crippen molar-refractivity contribution in [3.63, 3.8) is 0 Å². The van der Waals surface area contributed by atoms with Gasteiger partial charge in [-0.2, -0.15) is 0 Å². The number of fused-ring (bicyclic) bond motifs is 3. The molecule has 0 aliphatic carbocycles. The second-order valence-corrected chi connectivity index (χ2v) is 9.38. The molecule has 34 heavy (non-hydrogen) atoms. The van der Waals surface area contributed by atoms with E-state index in [1.54, 1.807) is 13.0 Å². The Morgan fingerprint density at radius 2 is 1.97 bits per heavy atom. The first-order chi connectivity index (χ1) is 16.4. The van der Waals surface area contributed by atoms with E-state index in [0.717, 1.165) is 21.8 Å². The van der Waals surface area contributed by atoms with E-state index in [0.29, 0.717) is 37.8 Å². The number of aromatic amines is 1. The molecule has 10 heteroatoms. The van der Waals surface area contributed by atoms with Gasteiger partial charge in [0, 0.05) is 29.4 Å². The lowest BCUT2D eigenvalue weighted by Crippen LogP contribution is -2.42. The van der Waals surface area contributed by atoms with Crippen molar-refractivity contribution in [3.8, 4) is 0 Å². The number of morpholine rings is 1. The lowest BCUT2D eigenvalue weighted by molar-refractivity contribution is 0.0202. The van der Waals surface area contributed by atoms with Gasteiger partial charge in [-0.25, -0.2) is 14.5 Å². The number of hydrogen-bond acceptors (Lipinski definition) is 8. The van der Waals surface area contributed by atoms with Crippen molar-refractivity contribution in [2.75, 3.05) is 32.9 Å². The fourth-order valence-electron chi connectivity index (χ4n) is 4.51. The Morgan fingerprint density at radius 3 is 2.71 bits per heavy atom. The van der Waals surface area contributed by atoms with E-state index in [1.807, 2.05) is 28.9 Å². The maximum Gasteiger partial charge on any atom is 0.356 e. The number of tetrazole rings is 1. The van der Waals surface area contributed by atoms with Gasteiger partial charge in [-0.3, -0.25) is 4.90 Å². The maximum atomic E-state index is 12.8. The number of ether oxygens (including phenoxy) is 2. The van der Waals surface area contributed by atoms with Crippen LogP contribution in [0.3, 0.4) is 0 Å². The SMILES string of the molecule is CCOC(=O)c1cc2c([nH]c3ccccc32)c(C(c2nnnn2C(C)(C)C)N2CCOCC2)n1. The summed E-state index contributed by atoms with van der Waals surface area (Å²) >= 11 is 0. The van der Waals surface area contributed by atoms with E-state index < -0.39 is 5.97 Å². The smallest absolute Gasteiger partial charge is 0.356 e. The van der Waals surface area contributed by atoms with Crippen LogP contribution in [0, 0.1) is 0 Å². The van der Waals surface area contributed by atoms with Crippen molar-refractivity contribution >= 4 is 27.8 Å². The largest absolute Gasteiger partial charge is 0.461 e. The molecule has 5 rings (SSSR count). The molecule has 0 saturated carbocycles. The van der Waals surface area contributed by atoms with Crippen LogP contribution in [-0.4, -0.2) is 74.0 Å². The minimum atomic E-state index is -0.452. The molecular formula is C24H29N7O3. The molecule has 1 aliphatic heterocycles. The van der Waals surface area contributed by atoms with Gasteiger partial charge in [0.1, 0.15) is 11.7 Å². The number of hydrogen-bond donors (Lipinski definition) is 1. The monoisotopic (exact) mass is 463 g/mol. The van der Waals surface area contributed by atoms with Gasteiger partial charge in [-0.1, -0.05) is 18.2 Å². The molecule has 1 aromatic carbocycles. The first kappa shape index (κ1) is 22.4. The van der Waals surface area contributed by atoms with Gasteiger partial charge in [-0.05, 0) is 50.3 Å². The van der Waals surface area contributed by atoms with Crippen LogP contribution in [-0.2, 0) is 15.0 Å². The number of nitrogens with zero attached hydrogens (tertiary/aromatic N) is 6. The van der Waals surface area contributed by atoms with E-state index >= 15 is 0 Å². The Labute approximate surface area is 197 Å². The molecule has 1 atom stereocenters. The molecule has 178 valence electrons. The fourth-order valence-corrected chi connectivity index (χ4v) is 4.51. The molecule has 1 saturated heterocycles. The highest BCUT2D eigenvalue weighted by Gasteiger charge is 2.35. The average molecular weight is 464 g/mol. The third-order valence-electron chi connectivity index (χ3n) is 6.05. The van der Waals surface area contributed by atoms with Crippen molar-refractivity contribution in [2.45, 2.75) is 39.3 Å². The first-order valence-corrected chi connectivity index (χ1v) is 11.6. The van der Waals surface area contributed by atoms with E-state index in [9.17, 15) is 4.79 Å². The van der Waals surface area contributed by atoms with E-state index in [2.05, 4.69) is 46.2 Å². The van der Waals surface area contributed by atoms with Crippen LogP contribution in [0.25, 0.3) is 21.8 Å². The summed E-state index contributed by atoms with van der Waals surface area (Å²) in [4.78, 5) is 23.5. The van der Waals surface area contributed by atoms with Crippen LogP contribution in [0.15, 0.2) is 30.3 Å². The van der Waals surface area contributed by atoms with Gasteiger partial charge in [-0.15, -0.1) is 5.10 Å². The summed E-state index contributed by atoms with van der Waals surface area (Å²) < 4.78 is 12.8. The minimum absolute atomic E-state index is 0.266. The van der Waals surface area contributed by atoms with Crippen LogP contribution in [0.5, 0.6) is 0 Å². The number of H-pyrrole nitrogens is 1. The lowest BCUT2D eigenvalue weighted by atomic mass is 10.0. The number of aromatic nitrogens is 6. The average Bonchev–Trinajstić information content (AvgIpc) is 3.45. The Balaban J connectivity index is 1.80. The normalized spacial score (nSPS) is 16.2. The summed E-state index contributed by atoms with van der Waals surface area (Å²) in [6, 6.07) is 9.44. The molecule has 0 spiro atoms. The summed E-state index contributed by atoms with van der Waals surface area (Å²) in [6.45, 7) is 10.8. The second kappa shape index (κ2) is 8.77. The first-order valence-electron chi connectivity index (χ1n) is 11.6. The van der Waals surface area contributed by atoms with Gasteiger partial charge < -0.3 is 14.5 Å². The van der Waals surface area contributed by atoms with Gasteiger partial charge >= 0.3 is 5.97 Å². The predicted molar refractivity (Wildman–Crippen MR) is 127 cm³/mol. The standard InChI is InChI=1S/C24H29N7O3/c1-5-34-23(32)18-14-16-15-8-6-7-9-17(15)25-19(16)20(26-18)21(30-10-12-33-13-11-30)22-27-28-29-31(22)24(2,3)4/h6-9,14,21,25H,5,10-13H2,1-4H3. The van der Waals surface area contributed by atoms with Gasteiger partial charge in [0.15, 0.2) is 5.82 Å². The van der Waals surface area contributed by atoms with Crippen molar-refractivity contribution < 1.29 is 14.3 Å². The highest BCUT2D eigenvalue weighted by molar-refractivity contribution is 6.09. The Bertz CT molecular complexity index is 1330. The quantitative estimate of drug-likeness (QED) is 0.450. The van der Waals surface area contributed by atoms with Gasteiger partial charge in [0.25, 0.3) is 0 Å². The second-order valence-electron chi connectivity index (χ2n) is 9.38. The predicted octanol–water partition coefficient (Wildman–Crippen LogP) is 3.06. The molecule has 0 bridgehead atoms. The number of carbonyl (C=O) groups is 1. The molecule has 1 N–H and O–H groups in total. The topological polar surface area (TPSA) is 111 Å². The molecular weight excluding hydrogens is 434 g/mol. The summed E-state index contributed by atoms with van der Waals surface area (Å²) in [7, 11) is 0. The Morgan fingerprint density at radius 1 is 1.21 bits per heavy atom. The number of benzene rings is 1. The summed E-state index contributed by atoms with van der Waals surface area (Å²) in [5, 5.41) is 14.7. The van der Waals surface area contributed by atoms with Crippen molar-refractivity contribution in [1.82, 2.24) is 35.1 Å². The number of para-hydroxylation sites is 1. The van der Waals surface area contributed by atoms with Gasteiger partial charge in [0.05, 0.1) is 36.6 Å². The summed E-state index contributed by atoms with van der Waals surface area (Å²) in [5.74, 6) is 0.218. The number of esters is 1. The number of pyridine rings is 1. The molecule has 1 unspecified atom stereocenters. The zero-order chi connectivity index (χ0) is 23.9. The van der Waals surface area contributed by atoms with E-state index in [1.165, 1.54) is 0 Å². The number of nitrogens with one attached hydrogen (secondary N) is 1. The van der Waals surface area contributed by atoms with Crippen LogP contribution in [0.1, 0.15) is 55.7 Å². The third kappa shape index (κ3) is 3.92. The zero-order valence-corrected chi connectivity index (χ0v) is 19.9. The molecule has 3 aromatic heterocycles. The van der Waals surface area contributed by atoms with Crippen molar-refractivity contribution in [2.24, 2.45) is 0 Å². The summed E-state index contributed by atoms with van der Waals surface area (Å²) in [5.41, 5.74) is 2.44. The minimum Gasteiger partial charge on any atom is -0.461 e. The molecule has 0 amide bonds. The van der Waals surface area contributed by atoms with Gasteiger partial charge in [0.2, 0.25) is 0 Å². The Hall–Kier alpha value is -3.37. The third-order valence-corrected chi connectivity index (χ3v) is 6.05. The van der Waals surface area contributed by atoms with Crippen molar-refractivity contribution in [1.29, 1.82) is 0 Å². The van der Waals surface area contributed by atoms with Crippen LogP contribution < -0.4 is 0 Å². The number of carbonyl (C=O) groups excluding carboxylic acids is 1. The molecule has 4 aromatic rings. The lowest BCUT2D eigenvalue weighted by Gasteiger charge is -2.34. The Kier molecular flexibility index (Phi) is 5.78. The van der Waals surface area contributed by atoms with Crippen LogP contribution in [0.4, 0.5) is 0 Å². The summed E-state index contributed by atoms with van der Waals surface area (Å²) in [6.07, 6.45) is 0. The highest BCUT2D eigenvalue weighted by Crippen LogP contribution is 2.36. The highest BCUT2D eigenvalue weighted by atomic mass is 16.5. The molecule has 4 heterocycles. The molecule has 1 aliphatic rings. The maximum absolute atomic E-state index is 12.8. The molecule has 10 nitrogen and oxygen atoms in total. The molecule has 0 radical (unpaired) electrons. The molecule has 1 fully saturated rings. The van der Waals surface area contributed by atoms with Crippen LogP contribution in [0.2, 0.25) is 0 Å². The zero-order valence-electron chi connectivity index (χ0n) is 19.9. The van der Waals surface area contributed by atoms with E-state index in [-0.39, 0.29) is 23.9 Å². The number of rotatable bonds is 5. The fraction of sp³-hybridized carbons (Fsp3) is 0.458. The van der Waals surface area contributed by atoms with E-state index in [4.69, 9.17) is 14.5 Å². The van der Waals surface area contributed by atoms with Crippen molar-refractivity contribution in [3.05, 3.63) is 47.5 Å².